The second-order valence-electron chi connectivity index (χ2n) is 9.05. The molecule has 1 aliphatic carbocycles. The van der Waals surface area contributed by atoms with Crippen LogP contribution in [0.1, 0.15) is 19.8 Å². The Morgan fingerprint density at radius 1 is 0.973 bits per heavy atom. The van der Waals surface area contributed by atoms with Crippen molar-refractivity contribution < 1.29 is 38.9 Å². The van der Waals surface area contributed by atoms with Crippen LogP contribution in [0.15, 0.2) is 36.4 Å². The smallest absolute Gasteiger partial charge is 0.414 e. The van der Waals surface area contributed by atoms with Gasteiger partial charge >= 0.3 is 17.9 Å². The zero-order chi connectivity index (χ0) is 27.1. The first-order chi connectivity index (χ1) is 17.6. The predicted molar refractivity (Wildman–Crippen MR) is 133 cm³/mol. The number of aliphatic carboxylic acids is 2. The van der Waals surface area contributed by atoms with Gasteiger partial charge in [-0.05, 0) is 31.0 Å². The number of halogens is 1. The van der Waals surface area contributed by atoms with Crippen molar-refractivity contribution in [1.82, 2.24) is 9.80 Å². The van der Waals surface area contributed by atoms with Crippen molar-refractivity contribution in [2.75, 3.05) is 44.2 Å². The second-order valence-corrected chi connectivity index (χ2v) is 9.49. The number of carboxylic acid groups (broad SMARTS) is 2. The monoisotopic (exact) mass is 535 g/mol. The van der Waals surface area contributed by atoms with E-state index in [0.717, 1.165) is 31.9 Å². The fourth-order valence-electron chi connectivity index (χ4n) is 4.77. The van der Waals surface area contributed by atoms with Crippen molar-refractivity contribution in [3.8, 4) is 0 Å². The number of hydrogen-bond donors (Lipinski definition) is 2. The Hall–Kier alpha value is -3.44. The number of ether oxygens (including phenoxy) is 1. The number of carbonyl (C=O) groups excluding carboxylic acids is 3. The molecule has 1 aromatic rings. The van der Waals surface area contributed by atoms with E-state index in [1.807, 2.05) is 36.4 Å². The van der Waals surface area contributed by atoms with Crippen molar-refractivity contribution in [2.24, 2.45) is 11.8 Å². The molecular formula is C25H30ClN3O8. The van der Waals surface area contributed by atoms with Gasteiger partial charge in [0.15, 0.2) is 0 Å². The molecule has 0 saturated carbocycles. The number of likely N-dealkylation sites (tertiary alicyclic amines) is 1. The third-order valence-electron chi connectivity index (χ3n) is 6.51. The molecule has 0 bridgehead atoms. The Labute approximate surface area is 219 Å². The van der Waals surface area contributed by atoms with E-state index < -0.39 is 24.0 Å². The van der Waals surface area contributed by atoms with Gasteiger partial charge < -0.3 is 19.8 Å². The van der Waals surface area contributed by atoms with Crippen molar-refractivity contribution in [1.29, 1.82) is 0 Å². The fourth-order valence-corrected chi connectivity index (χ4v) is 4.95. The van der Waals surface area contributed by atoms with Gasteiger partial charge in [0.2, 0.25) is 11.8 Å². The van der Waals surface area contributed by atoms with Gasteiger partial charge in [-0.15, -0.1) is 0 Å². The van der Waals surface area contributed by atoms with E-state index in [2.05, 4.69) is 9.80 Å². The van der Waals surface area contributed by atoms with E-state index in [0.29, 0.717) is 24.4 Å². The molecule has 200 valence electrons. The Kier molecular flexibility index (Phi) is 9.65. The van der Waals surface area contributed by atoms with Crippen molar-refractivity contribution in [3.63, 3.8) is 0 Å². The van der Waals surface area contributed by atoms with Crippen LogP contribution in [-0.4, -0.2) is 95.1 Å². The summed E-state index contributed by atoms with van der Waals surface area (Å²) in [6.45, 7) is 5.21. The average molecular weight is 536 g/mol. The highest BCUT2D eigenvalue weighted by Gasteiger charge is 2.48. The summed E-state index contributed by atoms with van der Waals surface area (Å²) in [5.74, 6) is -4.86. The number of nitrogens with zero attached hydrogens (tertiary/aromatic N) is 3. The zero-order valence-electron chi connectivity index (χ0n) is 20.4. The van der Waals surface area contributed by atoms with Crippen LogP contribution in [-0.2, 0) is 28.7 Å². The first kappa shape index (κ1) is 28.1. The highest BCUT2D eigenvalue weighted by Crippen LogP contribution is 2.35. The van der Waals surface area contributed by atoms with Crippen molar-refractivity contribution >= 4 is 47.0 Å². The minimum absolute atomic E-state index is 0.124. The van der Waals surface area contributed by atoms with Crippen LogP contribution in [0.2, 0.25) is 5.02 Å². The predicted octanol–water partition coefficient (Wildman–Crippen LogP) is 1.50. The number of esters is 1. The SMILES string of the molecule is CC(=O)OC(CN1CCN(c2cccc(Cl)c2)CC1)CN1C(=O)[C@H]2CC=CC[C@H]2C1=O.O=C(O)C(=O)O. The van der Waals surface area contributed by atoms with Crippen LogP contribution in [0, 0.1) is 11.8 Å². The van der Waals surface area contributed by atoms with Crippen molar-refractivity contribution in [2.45, 2.75) is 25.9 Å². The van der Waals surface area contributed by atoms with E-state index >= 15 is 0 Å². The van der Waals surface area contributed by atoms with E-state index in [-0.39, 0.29) is 30.2 Å². The largest absolute Gasteiger partial charge is 0.473 e. The Bertz CT molecular complexity index is 1030. The molecule has 1 unspecified atom stereocenters. The van der Waals surface area contributed by atoms with Gasteiger partial charge in [-0.25, -0.2) is 9.59 Å². The maximum Gasteiger partial charge on any atom is 0.414 e. The van der Waals surface area contributed by atoms with Gasteiger partial charge in [0.1, 0.15) is 6.10 Å². The lowest BCUT2D eigenvalue weighted by molar-refractivity contribution is -0.159. The number of carbonyl (C=O) groups is 5. The Morgan fingerprint density at radius 3 is 2.03 bits per heavy atom. The normalized spacial score (nSPS) is 22.1. The lowest BCUT2D eigenvalue weighted by Crippen LogP contribution is -2.51. The first-order valence-corrected chi connectivity index (χ1v) is 12.3. The molecule has 2 amide bonds. The molecule has 2 N–H and O–H groups in total. The average Bonchev–Trinajstić information content (AvgIpc) is 3.09. The molecule has 3 aliphatic rings. The lowest BCUT2D eigenvalue weighted by atomic mass is 9.85. The molecule has 2 aliphatic heterocycles. The van der Waals surface area contributed by atoms with E-state index in [1.165, 1.54) is 11.8 Å². The number of piperazine rings is 1. The summed E-state index contributed by atoms with van der Waals surface area (Å²) >= 11 is 6.11. The zero-order valence-corrected chi connectivity index (χ0v) is 21.2. The summed E-state index contributed by atoms with van der Waals surface area (Å²) < 4.78 is 5.52. The fraction of sp³-hybridized carbons (Fsp3) is 0.480. The number of amides is 2. The number of benzene rings is 1. The second kappa shape index (κ2) is 12.7. The van der Waals surface area contributed by atoms with Crippen LogP contribution in [0.3, 0.4) is 0 Å². The molecule has 2 fully saturated rings. The van der Waals surface area contributed by atoms with Gasteiger partial charge in [-0.2, -0.15) is 0 Å². The van der Waals surface area contributed by atoms with Gasteiger partial charge in [-0.1, -0.05) is 29.8 Å². The lowest BCUT2D eigenvalue weighted by Gasteiger charge is -2.37. The topological polar surface area (TPSA) is 145 Å². The number of hydrogen-bond acceptors (Lipinski definition) is 8. The van der Waals surface area contributed by atoms with Crippen LogP contribution < -0.4 is 4.90 Å². The van der Waals surface area contributed by atoms with E-state index in [9.17, 15) is 14.4 Å². The molecule has 0 spiro atoms. The summed E-state index contributed by atoms with van der Waals surface area (Å²) in [6, 6.07) is 7.80. The summed E-state index contributed by atoms with van der Waals surface area (Å²) in [5, 5.41) is 15.5. The molecule has 1 aromatic carbocycles. The minimum Gasteiger partial charge on any atom is -0.473 e. The number of rotatable bonds is 6. The molecule has 2 heterocycles. The summed E-state index contributed by atoms with van der Waals surface area (Å²) in [6.07, 6.45) is 4.62. The van der Waals surface area contributed by atoms with E-state index in [1.54, 1.807) is 0 Å². The summed E-state index contributed by atoms with van der Waals surface area (Å²) in [5.41, 5.74) is 1.09. The maximum atomic E-state index is 12.8. The van der Waals surface area contributed by atoms with Crippen molar-refractivity contribution in [3.05, 3.63) is 41.4 Å². The van der Waals surface area contributed by atoms with Gasteiger partial charge in [0.25, 0.3) is 0 Å². The van der Waals surface area contributed by atoms with Crippen LogP contribution in [0.4, 0.5) is 5.69 Å². The molecule has 2 saturated heterocycles. The maximum absolute atomic E-state index is 12.8. The quantitative estimate of drug-likeness (QED) is 0.238. The number of anilines is 1. The Balaban J connectivity index is 0.000000568. The highest BCUT2D eigenvalue weighted by molar-refractivity contribution is 6.30. The van der Waals surface area contributed by atoms with E-state index in [4.69, 9.17) is 36.1 Å². The molecule has 0 aromatic heterocycles. The molecule has 12 heteroatoms. The van der Waals surface area contributed by atoms with Gasteiger partial charge in [-0.3, -0.25) is 24.2 Å². The van der Waals surface area contributed by atoms with Crippen LogP contribution >= 0.6 is 11.6 Å². The molecule has 3 atom stereocenters. The molecule has 11 nitrogen and oxygen atoms in total. The molecule has 0 radical (unpaired) electrons. The van der Waals surface area contributed by atoms with Gasteiger partial charge in [0, 0.05) is 50.4 Å². The standard InChI is InChI=1S/C23H28ClN3O4.C2H2O4/c1-16(28)31-19(15-27-22(29)20-7-2-3-8-21(20)23(27)30)14-25-9-11-26(12-10-25)18-6-4-5-17(24)13-18;3-1(4)2(5)6/h2-6,13,19-21H,7-12,14-15H2,1H3;(H,3,4)(H,5,6)/t19?,20-,21+;. The first-order valence-electron chi connectivity index (χ1n) is 11.9. The van der Waals surface area contributed by atoms with Gasteiger partial charge in [0.05, 0.1) is 18.4 Å². The number of imide groups is 1. The summed E-state index contributed by atoms with van der Waals surface area (Å²) in [7, 11) is 0. The number of allylic oxidation sites excluding steroid dienone is 2. The number of carboxylic acids is 2. The van der Waals surface area contributed by atoms with Crippen LogP contribution in [0.5, 0.6) is 0 Å². The third kappa shape index (κ3) is 7.53. The Morgan fingerprint density at radius 2 is 1.54 bits per heavy atom. The molecular weight excluding hydrogens is 506 g/mol. The summed E-state index contributed by atoms with van der Waals surface area (Å²) in [4.78, 5) is 61.3. The third-order valence-corrected chi connectivity index (χ3v) is 6.74. The highest BCUT2D eigenvalue weighted by atomic mass is 35.5. The van der Waals surface area contributed by atoms with Crippen LogP contribution in [0.25, 0.3) is 0 Å². The molecule has 4 rings (SSSR count). The molecule has 37 heavy (non-hydrogen) atoms. The number of fused-ring (bicyclic) bond motifs is 1. The minimum atomic E-state index is -1.82.